The Morgan fingerprint density at radius 2 is 2.11 bits per heavy atom. The van der Waals surface area contributed by atoms with Crippen molar-refractivity contribution in [2.75, 3.05) is 26.5 Å². The van der Waals surface area contributed by atoms with Gasteiger partial charge in [-0.3, -0.25) is 0 Å². The summed E-state index contributed by atoms with van der Waals surface area (Å²) in [5.41, 5.74) is 1.13. The number of benzene rings is 1. The van der Waals surface area contributed by atoms with Gasteiger partial charge in [0.2, 0.25) is 0 Å². The third-order valence-electron chi connectivity index (χ3n) is 3.46. The van der Waals surface area contributed by atoms with Crippen LogP contribution < -0.4 is 5.30 Å². The Kier molecular flexibility index (Phi) is 4.53. The van der Waals surface area contributed by atoms with Gasteiger partial charge in [0.1, 0.15) is 7.14 Å². The van der Waals surface area contributed by atoms with Gasteiger partial charge in [0.25, 0.3) is 0 Å². The molecule has 2 rings (SSSR count). The first-order valence-corrected chi connectivity index (χ1v) is 9.39. The monoisotopic (exact) mass is 286 g/mol. The Labute approximate surface area is 114 Å². The molecule has 0 radical (unpaired) electrons. The van der Waals surface area contributed by atoms with Crippen LogP contribution in [0.15, 0.2) is 18.2 Å². The Morgan fingerprint density at radius 1 is 1.33 bits per heavy atom. The lowest BCUT2D eigenvalue weighted by Gasteiger charge is -2.17. The molecule has 100 valence electrons. The van der Waals surface area contributed by atoms with E-state index < -0.39 is 7.14 Å². The summed E-state index contributed by atoms with van der Waals surface area (Å²) in [6.07, 6.45) is 3.43. The van der Waals surface area contributed by atoms with Gasteiger partial charge in [0.15, 0.2) is 0 Å². The highest BCUT2D eigenvalue weighted by atomic mass is 35.5. The van der Waals surface area contributed by atoms with Gasteiger partial charge < -0.3 is 9.30 Å². The molecule has 1 atom stereocenters. The van der Waals surface area contributed by atoms with E-state index in [-0.39, 0.29) is 0 Å². The molecule has 4 heteroatoms. The predicted molar refractivity (Wildman–Crippen MR) is 78.0 cm³/mol. The van der Waals surface area contributed by atoms with Gasteiger partial charge in [-0.25, -0.2) is 0 Å². The van der Waals surface area contributed by atoms with Gasteiger partial charge in [-0.05, 0) is 37.8 Å². The second-order valence-corrected chi connectivity index (χ2v) is 8.95. The molecule has 1 aromatic rings. The quantitative estimate of drug-likeness (QED) is 0.772. The summed E-state index contributed by atoms with van der Waals surface area (Å²) in [5, 5.41) is 1.58. The minimum Gasteiger partial charge on any atom is -0.381 e. The zero-order valence-electron chi connectivity index (χ0n) is 11.0. The zero-order chi connectivity index (χ0) is 13.2. The van der Waals surface area contributed by atoms with E-state index in [1.54, 1.807) is 13.3 Å². The van der Waals surface area contributed by atoms with E-state index in [0.29, 0.717) is 5.92 Å². The molecule has 0 N–H and O–H groups in total. The maximum absolute atomic E-state index is 12.0. The van der Waals surface area contributed by atoms with E-state index in [2.05, 4.69) is 0 Å². The molecule has 1 unspecified atom stereocenters. The van der Waals surface area contributed by atoms with Crippen LogP contribution in [0, 0.1) is 0 Å². The molecule has 0 spiro atoms. The topological polar surface area (TPSA) is 26.3 Å². The van der Waals surface area contributed by atoms with Crippen LogP contribution in [0.1, 0.15) is 30.7 Å². The van der Waals surface area contributed by atoms with Crippen molar-refractivity contribution in [1.82, 2.24) is 0 Å². The summed E-state index contributed by atoms with van der Waals surface area (Å²) in [6, 6.07) is 5.84. The van der Waals surface area contributed by atoms with Crippen LogP contribution in [-0.4, -0.2) is 26.5 Å². The van der Waals surface area contributed by atoms with Crippen molar-refractivity contribution in [3.63, 3.8) is 0 Å². The highest BCUT2D eigenvalue weighted by Crippen LogP contribution is 2.37. The van der Waals surface area contributed by atoms with Crippen LogP contribution in [-0.2, 0) is 9.30 Å². The Bertz CT molecular complexity index is 459. The fourth-order valence-electron chi connectivity index (χ4n) is 2.33. The molecule has 0 amide bonds. The molecule has 1 aliphatic heterocycles. The third-order valence-corrected chi connectivity index (χ3v) is 5.31. The second kappa shape index (κ2) is 5.77. The lowest BCUT2D eigenvalue weighted by molar-refractivity contribution is 0.134. The van der Waals surface area contributed by atoms with Crippen molar-refractivity contribution < 1.29 is 9.30 Å². The number of halogens is 1. The predicted octanol–water partition coefficient (Wildman–Crippen LogP) is 3.87. The first-order chi connectivity index (χ1) is 8.48. The lowest BCUT2D eigenvalue weighted by Crippen LogP contribution is -2.09. The molecule has 1 heterocycles. The molecule has 18 heavy (non-hydrogen) atoms. The van der Waals surface area contributed by atoms with Crippen molar-refractivity contribution in [3.05, 3.63) is 28.8 Å². The van der Waals surface area contributed by atoms with Crippen molar-refractivity contribution in [1.29, 1.82) is 0 Å². The van der Waals surface area contributed by atoms with Crippen LogP contribution in [0.3, 0.4) is 0 Å². The number of rotatable bonds is 2. The van der Waals surface area contributed by atoms with Crippen LogP contribution in [0.2, 0.25) is 5.02 Å². The maximum atomic E-state index is 12.0. The van der Waals surface area contributed by atoms with Crippen molar-refractivity contribution in [3.8, 4) is 0 Å². The van der Waals surface area contributed by atoms with E-state index in [4.69, 9.17) is 16.3 Å². The van der Waals surface area contributed by atoms with Gasteiger partial charge in [0, 0.05) is 22.9 Å². The van der Waals surface area contributed by atoms with E-state index in [1.165, 1.54) is 6.42 Å². The van der Waals surface area contributed by atoms with Gasteiger partial charge in [0.05, 0.1) is 6.61 Å². The maximum Gasteiger partial charge on any atom is 0.109 e. The van der Waals surface area contributed by atoms with Gasteiger partial charge >= 0.3 is 0 Å². The van der Waals surface area contributed by atoms with Crippen LogP contribution in [0.5, 0.6) is 0 Å². The van der Waals surface area contributed by atoms with E-state index >= 15 is 0 Å². The molecule has 0 aliphatic carbocycles. The molecule has 0 bridgehead atoms. The third kappa shape index (κ3) is 3.38. The first kappa shape index (κ1) is 14.1. The number of hydrogen-bond donors (Lipinski definition) is 0. The number of hydrogen-bond acceptors (Lipinski definition) is 2. The van der Waals surface area contributed by atoms with Gasteiger partial charge in [-0.15, -0.1) is 0 Å². The van der Waals surface area contributed by atoms with Crippen molar-refractivity contribution >= 4 is 24.0 Å². The fourth-order valence-corrected chi connectivity index (χ4v) is 3.62. The highest BCUT2D eigenvalue weighted by molar-refractivity contribution is 7.70. The zero-order valence-corrected chi connectivity index (χ0v) is 12.6. The van der Waals surface area contributed by atoms with E-state index in [0.717, 1.165) is 41.9 Å². The molecule has 0 aromatic heterocycles. The van der Waals surface area contributed by atoms with Gasteiger partial charge in [-0.2, -0.15) is 0 Å². The molecular formula is C14H20ClO2P. The average Bonchev–Trinajstić information content (AvgIpc) is 2.56. The van der Waals surface area contributed by atoms with E-state index in [1.807, 2.05) is 18.2 Å². The van der Waals surface area contributed by atoms with Crippen LogP contribution >= 0.6 is 18.7 Å². The summed E-state index contributed by atoms with van der Waals surface area (Å²) < 4.78 is 17.6. The Hall–Kier alpha value is -0.300. The highest BCUT2D eigenvalue weighted by Gasteiger charge is 2.19. The molecule has 1 aliphatic rings. The fraction of sp³-hybridized carbons (Fsp3) is 0.571. The van der Waals surface area contributed by atoms with E-state index in [9.17, 15) is 4.57 Å². The smallest absolute Gasteiger partial charge is 0.109 e. The minimum atomic E-state index is -2.23. The summed E-state index contributed by atoms with van der Waals surface area (Å²) in [7, 11) is -2.23. The second-order valence-electron chi connectivity index (χ2n) is 5.32. The molecule has 1 aromatic carbocycles. The normalized spacial score (nSPS) is 21.6. The summed E-state index contributed by atoms with van der Waals surface area (Å²) in [6.45, 7) is 5.14. The lowest BCUT2D eigenvalue weighted by atomic mass is 9.95. The average molecular weight is 287 g/mol. The van der Waals surface area contributed by atoms with Gasteiger partial charge in [-0.1, -0.05) is 30.2 Å². The van der Waals surface area contributed by atoms with Crippen molar-refractivity contribution in [2.45, 2.75) is 25.2 Å². The number of ether oxygens (including phenoxy) is 1. The summed E-state index contributed by atoms with van der Waals surface area (Å²) in [5.74, 6) is 0.377. The first-order valence-electron chi connectivity index (χ1n) is 6.41. The largest absolute Gasteiger partial charge is 0.381 e. The Morgan fingerprint density at radius 3 is 2.78 bits per heavy atom. The molecular weight excluding hydrogens is 267 g/mol. The molecule has 1 saturated heterocycles. The van der Waals surface area contributed by atoms with Crippen molar-refractivity contribution in [2.24, 2.45) is 0 Å². The molecule has 0 saturated carbocycles. The molecule has 1 fully saturated rings. The SMILES string of the molecule is CP(C)(=O)c1ccc(C2CCCCOC2)c(Cl)c1. The Balaban J connectivity index is 2.26. The standard InChI is InChI=1S/C14H20ClO2P/c1-18(2,16)12-6-7-13(14(15)9-12)11-5-3-4-8-17-10-11/h6-7,9,11H,3-5,8,10H2,1-2H3. The summed E-state index contributed by atoms with van der Waals surface area (Å²) in [4.78, 5) is 0. The summed E-state index contributed by atoms with van der Waals surface area (Å²) >= 11 is 6.35. The molecule has 2 nitrogen and oxygen atoms in total. The minimum absolute atomic E-state index is 0.377. The van der Waals surface area contributed by atoms with Crippen LogP contribution in [0.4, 0.5) is 0 Å². The van der Waals surface area contributed by atoms with Crippen LogP contribution in [0.25, 0.3) is 0 Å².